The summed E-state index contributed by atoms with van der Waals surface area (Å²) in [5.41, 5.74) is 0. The molecule has 2 atom stereocenters. The van der Waals surface area contributed by atoms with E-state index in [0.717, 1.165) is 0 Å². The zero-order chi connectivity index (χ0) is 29.6. The molecule has 0 amide bonds. The summed E-state index contributed by atoms with van der Waals surface area (Å²) in [6.45, 7) is -1.93. The lowest BCUT2D eigenvalue weighted by Crippen LogP contribution is -2.75. The van der Waals surface area contributed by atoms with Crippen LogP contribution in [0.2, 0.25) is 0 Å². The molecule has 3 N–H and O–H groups in total. The number of hydrogen-bond acceptors (Lipinski definition) is 4. The molecule has 0 saturated carbocycles. The van der Waals surface area contributed by atoms with E-state index in [9.17, 15) is 84.5 Å². The Morgan fingerprint density at radius 2 is 0.972 bits per heavy atom. The molecule has 4 nitrogen and oxygen atoms in total. The summed E-state index contributed by atoms with van der Waals surface area (Å²) < 4.78 is 224. The SMILES string of the molecule is O=C(O)CCSC(CO)C(O)C(F)(F)C(F)(F)C(F)(F)C(F)(F)C(F)(F)C(F)(F)C(F)(F)C(F)(F)F. The molecular weight excluding hydrogens is 587 g/mol. The van der Waals surface area contributed by atoms with E-state index in [1.807, 2.05) is 0 Å². The van der Waals surface area contributed by atoms with Gasteiger partial charge in [0.1, 0.15) is 6.10 Å². The standard InChI is InChI=1S/C14H11F17O4S/c15-7(16,6(35)4(3-32)36-2-1-5(33)34)8(17,18)9(19,20)10(21,22)11(23,24)12(25,26)13(27,28)14(29,30)31/h4,6,32,35H,1-3H2,(H,33,34). The van der Waals surface area contributed by atoms with Crippen molar-refractivity contribution in [3.63, 3.8) is 0 Å². The molecule has 216 valence electrons. The Hall–Kier alpha value is -1.45. The van der Waals surface area contributed by atoms with Gasteiger partial charge in [0.25, 0.3) is 0 Å². The average Bonchev–Trinajstić information content (AvgIpc) is 2.68. The second-order valence-corrected chi connectivity index (χ2v) is 8.09. The maximum atomic E-state index is 13.9. The molecule has 0 aromatic heterocycles. The Morgan fingerprint density at radius 3 is 1.28 bits per heavy atom. The van der Waals surface area contributed by atoms with Crippen molar-refractivity contribution < 1.29 is 94.8 Å². The van der Waals surface area contributed by atoms with Gasteiger partial charge >= 0.3 is 53.6 Å². The molecule has 0 fully saturated rings. The van der Waals surface area contributed by atoms with Gasteiger partial charge in [-0.25, -0.2) is 0 Å². The maximum absolute atomic E-state index is 13.9. The van der Waals surface area contributed by atoms with Gasteiger partial charge in [-0.05, 0) is 0 Å². The van der Waals surface area contributed by atoms with Gasteiger partial charge in [-0.1, -0.05) is 0 Å². The van der Waals surface area contributed by atoms with Crippen LogP contribution in [-0.2, 0) is 4.79 Å². The number of carboxylic acids is 1. The van der Waals surface area contributed by atoms with Crippen molar-refractivity contribution in [3.8, 4) is 0 Å². The maximum Gasteiger partial charge on any atom is 0.460 e. The van der Waals surface area contributed by atoms with Crippen molar-refractivity contribution >= 4 is 17.7 Å². The quantitative estimate of drug-likeness (QED) is 0.263. The Bertz CT molecular complexity index is 782. The molecule has 0 heterocycles. The number of aliphatic hydroxyl groups is 2. The summed E-state index contributed by atoms with van der Waals surface area (Å²) in [5, 5.41) is 23.5. The van der Waals surface area contributed by atoms with E-state index in [0.29, 0.717) is 0 Å². The van der Waals surface area contributed by atoms with Crippen molar-refractivity contribution in [1.29, 1.82) is 0 Å². The van der Waals surface area contributed by atoms with Gasteiger partial charge in [-0.3, -0.25) is 4.79 Å². The van der Waals surface area contributed by atoms with Gasteiger partial charge in [-0.2, -0.15) is 86.4 Å². The van der Waals surface area contributed by atoms with E-state index in [1.165, 1.54) is 0 Å². The monoisotopic (exact) mass is 598 g/mol. The van der Waals surface area contributed by atoms with Gasteiger partial charge in [-0.15, -0.1) is 0 Å². The summed E-state index contributed by atoms with van der Waals surface area (Å²) in [6.07, 6.45) is -13.3. The minimum Gasteiger partial charge on any atom is -0.481 e. The highest BCUT2D eigenvalue weighted by Crippen LogP contribution is 2.64. The fraction of sp³-hybridized carbons (Fsp3) is 0.929. The van der Waals surface area contributed by atoms with Crippen LogP contribution in [0, 0.1) is 0 Å². The van der Waals surface area contributed by atoms with Crippen LogP contribution in [0.5, 0.6) is 0 Å². The van der Waals surface area contributed by atoms with E-state index in [-0.39, 0.29) is 11.8 Å². The Labute approximate surface area is 191 Å². The van der Waals surface area contributed by atoms with Gasteiger partial charge in [0.15, 0.2) is 0 Å². The summed E-state index contributed by atoms with van der Waals surface area (Å²) in [4.78, 5) is 10.3. The lowest BCUT2D eigenvalue weighted by molar-refractivity contribution is -0.464. The highest BCUT2D eigenvalue weighted by atomic mass is 32.2. The lowest BCUT2D eigenvalue weighted by Gasteiger charge is -2.44. The highest BCUT2D eigenvalue weighted by Gasteiger charge is 2.95. The third kappa shape index (κ3) is 5.12. The molecule has 0 aliphatic heterocycles. The lowest BCUT2D eigenvalue weighted by atomic mass is 9.87. The fourth-order valence-electron chi connectivity index (χ4n) is 2.14. The number of halogens is 17. The third-order valence-corrected chi connectivity index (χ3v) is 5.57. The van der Waals surface area contributed by atoms with Crippen LogP contribution in [0.4, 0.5) is 74.6 Å². The van der Waals surface area contributed by atoms with Crippen molar-refractivity contribution in [2.24, 2.45) is 0 Å². The largest absolute Gasteiger partial charge is 0.481 e. The molecule has 0 spiro atoms. The minimum absolute atomic E-state index is 0.384. The predicted octanol–water partition coefficient (Wildman–Crippen LogP) is 4.93. The number of thioether (sulfide) groups is 1. The van der Waals surface area contributed by atoms with Gasteiger partial charge < -0.3 is 15.3 Å². The molecule has 22 heteroatoms. The van der Waals surface area contributed by atoms with Crippen LogP contribution in [-0.4, -0.2) is 92.6 Å². The summed E-state index contributed by atoms with van der Waals surface area (Å²) in [6, 6.07) is 0. The molecular formula is C14H11F17O4S. The first-order chi connectivity index (χ1) is 15.5. The summed E-state index contributed by atoms with van der Waals surface area (Å²) >= 11 is -0.384. The minimum atomic E-state index is -8.79. The first kappa shape index (κ1) is 34.6. The number of carbonyl (C=O) groups is 1. The van der Waals surface area contributed by atoms with E-state index < -0.39 is 83.7 Å². The van der Waals surface area contributed by atoms with Gasteiger partial charge in [0.05, 0.1) is 18.3 Å². The molecule has 0 bridgehead atoms. The third-order valence-electron chi connectivity index (χ3n) is 4.30. The number of aliphatic hydroxyl groups excluding tert-OH is 2. The predicted molar refractivity (Wildman–Crippen MR) is 82.3 cm³/mol. The van der Waals surface area contributed by atoms with Crippen LogP contribution < -0.4 is 0 Å². The van der Waals surface area contributed by atoms with E-state index >= 15 is 0 Å². The van der Waals surface area contributed by atoms with E-state index in [1.54, 1.807) is 0 Å². The zero-order valence-corrected chi connectivity index (χ0v) is 17.2. The molecule has 36 heavy (non-hydrogen) atoms. The van der Waals surface area contributed by atoms with Crippen molar-refractivity contribution in [2.45, 2.75) is 65.4 Å². The molecule has 0 aliphatic carbocycles. The van der Waals surface area contributed by atoms with Crippen LogP contribution in [0.15, 0.2) is 0 Å². The first-order valence-electron chi connectivity index (χ1n) is 8.37. The molecule has 0 radical (unpaired) electrons. The molecule has 0 saturated heterocycles. The average molecular weight is 598 g/mol. The topological polar surface area (TPSA) is 77.8 Å². The number of carboxylic acid groups (broad SMARTS) is 1. The van der Waals surface area contributed by atoms with Crippen LogP contribution >= 0.6 is 11.8 Å². The van der Waals surface area contributed by atoms with Crippen LogP contribution in [0.1, 0.15) is 6.42 Å². The van der Waals surface area contributed by atoms with Gasteiger partial charge in [0, 0.05) is 5.75 Å². The number of aliphatic carboxylic acids is 1. The second-order valence-electron chi connectivity index (χ2n) is 6.75. The number of hydrogen-bond donors (Lipinski definition) is 3. The molecule has 0 aromatic rings. The molecule has 2 unspecified atom stereocenters. The number of rotatable bonds is 13. The molecule has 0 aromatic carbocycles. The summed E-state index contributed by atoms with van der Waals surface area (Å²) in [7, 11) is 0. The fourth-order valence-corrected chi connectivity index (χ4v) is 3.19. The molecule has 0 rings (SSSR count). The van der Waals surface area contributed by atoms with Crippen molar-refractivity contribution in [1.82, 2.24) is 0 Å². The smallest absolute Gasteiger partial charge is 0.460 e. The van der Waals surface area contributed by atoms with Gasteiger partial charge in [0.2, 0.25) is 0 Å². The zero-order valence-electron chi connectivity index (χ0n) is 16.4. The Balaban J connectivity index is 6.60. The normalized spacial score (nSPS) is 17.2. The Morgan fingerprint density at radius 1 is 0.639 bits per heavy atom. The van der Waals surface area contributed by atoms with Crippen molar-refractivity contribution in [3.05, 3.63) is 0 Å². The first-order valence-corrected chi connectivity index (χ1v) is 9.42. The van der Waals surface area contributed by atoms with Crippen molar-refractivity contribution in [2.75, 3.05) is 12.4 Å². The second kappa shape index (κ2) is 10.0. The summed E-state index contributed by atoms with van der Waals surface area (Å²) in [5.74, 6) is -60.9. The van der Waals surface area contributed by atoms with E-state index in [2.05, 4.69) is 0 Å². The molecule has 0 aliphatic rings. The van der Waals surface area contributed by atoms with Crippen LogP contribution in [0.25, 0.3) is 0 Å². The van der Waals surface area contributed by atoms with Crippen LogP contribution in [0.3, 0.4) is 0 Å². The van der Waals surface area contributed by atoms with E-state index in [4.69, 9.17) is 10.2 Å². The highest BCUT2D eigenvalue weighted by molar-refractivity contribution is 8.00. The number of alkyl halides is 17. The Kier molecular flexibility index (Phi) is 9.62.